The molecule has 0 aliphatic carbocycles. The molecule has 0 radical (unpaired) electrons. The highest BCUT2D eigenvalue weighted by atomic mass is 35.5. The number of fused-ring (bicyclic) bond motifs is 1. The summed E-state index contributed by atoms with van der Waals surface area (Å²) in [6.45, 7) is 0. The van der Waals surface area contributed by atoms with Gasteiger partial charge >= 0.3 is 0 Å². The van der Waals surface area contributed by atoms with Gasteiger partial charge in [-0.15, -0.1) is 0 Å². The average molecular weight is 224 g/mol. The molecular weight excluding hydrogens is 218 g/mol. The number of hydrogen-bond acceptors (Lipinski definition) is 4. The Labute approximate surface area is 89.4 Å². The predicted molar refractivity (Wildman–Crippen MR) is 56.7 cm³/mol. The van der Waals surface area contributed by atoms with Crippen molar-refractivity contribution in [3.63, 3.8) is 0 Å². The highest BCUT2D eigenvalue weighted by Crippen LogP contribution is 2.11. The molecular formula is C10H6ClNO3. The van der Waals surface area contributed by atoms with Crippen LogP contribution in [0.25, 0.3) is 11.0 Å². The van der Waals surface area contributed by atoms with Gasteiger partial charge in [0.25, 0.3) is 0 Å². The minimum absolute atomic E-state index is 0.0397. The number of para-hydroxylation sites is 1. The maximum atomic E-state index is 11.8. The normalized spacial score (nSPS) is 11.9. The van der Waals surface area contributed by atoms with Crippen molar-refractivity contribution in [1.82, 2.24) is 0 Å². The Morgan fingerprint density at radius 3 is 2.87 bits per heavy atom. The van der Waals surface area contributed by atoms with E-state index in [2.05, 4.69) is 5.16 Å². The third-order valence-electron chi connectivity index (χ3n) is 1.99. The van der Waals surface area contributed by atoms with Gasteiger partial charge in [0.05, 0.1) is 10.9 Å². The fourth-order valence-electron chi connectivity index (χ4n) is 1.27. The third kappa shape index (κ3) is 1.59. The molecule has 0 amide bonds. The molecule has 0 fully saturated rings. The molecule has 1 aromatic heterocycles. The third-order valence-corrected chi connectivity index (χ3v) is 2.27. The van der Waals surface area contributed by atoms with Crippen LogP contribution in [0.15, 0.2) is 44.9 Å². The maximum absolute atomic E-state index is 11.8. The Balaban J connectivity index is 2.82. The molecule has 0 aliphatic heterocycles. The summed E-state index contributed by atoms with van der Waals surface area (Å²) in [6.07, 6.45) is 1.17. The molecule has 0 aliphatic rings. The van der Waals surface area contributed by atoms with Crippen LogP contribution in [0.4, 0.5) is 0 Å². The first kappa shape index (κ1) is 9.73. The number of rotatable bonds is 1. The van der Waals surface area contributed by atoms with Crippen LogP contribution >= 0.6 is 11.6 Å². The quantitative estimate of drug-likeness (QED) is 0.458. The van der Waals surface area contributed by atoms with Crippen molar-refractivity contribution in [3.05, 3.63) is 46.3 Å². The lowest BCUT2D eigenvalue weighted by atomic mass is 10.2. The number of hydrogen-bond donors (Lipinski definition) is 1. The van der Waals surface area contributed by atoms with Crippen molar-refractivity contribution in [3.8, 4) is 0 Å². The molecule has 15 heavy (non-hydrogen) atoms. The van der Waals surface area contributed by atoms with E-state index in [1.165, 1.54) is 6.26 Å². The van der Waals surface area contributed by atoms with Crippen molar-refractivity contribution >= 4 is 27.7 Å². The summed E-state index contributed by atoms with van der Waals surface area (Å²) in [6, 6.07) is 6.76. The van der Waals surface area contributed by atoms with E-state index >= 15 is 0 Å². The van der Waals surface area contributed by atoms with Crippen LogP contribution in [-0.4, -0.2) is 10.4 Å². The first-order valence-corrected chi connectivity index (χ1v) is 4.50. The summed E-state index contributed by atoms with van der Waals surface area (Å²) in [5.41, 5.74) is 0.186. The van der Waals surface area contributed by atoms with Crippen molar-refractivity contribution in [1.29, 1.82) is 0 Å². The fourth-order valence-corrected chi connectivity index (χ4v) is 1.40. The molecule has 2 aromatic rings. The summed E-state index contributed by atoms with van der Waals surface area (Å²) in [7, 11) is 0. The standard InChI is InChI=1S/C10H6ClNO3/c11-10(12-14)7-5-15-8-4-2-1-3-6(8)9(7)13/h1-5,14H. The minimum Gasteiger partial charge on any atom is -0.463 e. The molecule has 1 aromatic carbocycles. The van der Waals surface area contributed by atoms with Crippen LogP contribution in [0.2, 0.25) is 0 Å². The van der Waals surface area contributed by atoms with E-state index in [0.717, 1.165) is 0 Å². The second kappa shape index (κ2) is 3.74. The maximum Gasteiger partial charge on any atom is 0.203 e. The molecule has 0 atom stereocenters. The van der Waals surface area contributed by atoms with Gasteiger partial charge < -0.3 is 9.62 Å². The van der Waals surface area contributed by atoms with Gasteiger partial charge in [0, 0.05) is 0 Å². The van der Waals surface area contributed by atoms with Crippen LogP contribution in [0, 0.1) is 0 Å². The van der Waals surface area contributed by atoms with Crippen LogP contribution < -0.4 is 5.43 Å². The summed E-state index contributed by atoms with van der Waals surface area (Å²) < 4.78 is 5.17. The van der Waals surface area contributed by atoms with Gasteiger partial charge in [-0.2, -0.15) is 0 Å². The second-order valence-corrected chi connectivity index (χ2v) is 3.22. The van der Waals surface area contributed by atoms with Gasteiger partial charge in [-0.1, -0.05) is 28.9 Å². The molecule has 76 valence electrons. The zero-order valence-corrected chi connectivity index (χ0v) is 8.23. The predicted octanol–water partition coefficient (Wildman–Crippen LogP) is 2.17. The van der Waals surface area contributed by atoms with Crippen molar-refractivity contribution in [2.45, 2.75) is 0 Å². The molecule has 5 heteroatoms. The molecule has 1 N–H and O–H groups in total. The summed E-state index contributed by atoms with van der Waals surface area (Å²) in [5.74, 6) is 0. The zero-order valence-electron chi connectivity index (χ0n) is 7.48. The Hall–Kier alpha value is -1.81. The van der Waals surface area contributed by atoms with E-state index < -0.39 is 0 Å². The van der Waals surface area contributed by atoms with E-state index in [4.69, 9.17) is 21.2 Å². The average Bonchev–Trinajstić information content (AvgIpc) is 2.29. The van der Waals surface area contributed by atoms with E-state index in [-0.39, 0.29) is 16.2 Å². The molecule has 0 saturated carbocycles. The van der Waals surface area contributed by atoms with E-state index in [1.807, 2.05) is 0 Å². The summed E-state index contributed by atoms with van der Waals surface area (Å²) in [5, 5.41) is 11.3. The van der Waals surface area contributed by atoms with Gasteiger partial charge in [-0.3, -0.25) is 4.79 Å². The second-order valence-electron chi connectivity index (χ2n) is 2.87. The monoisotopic (exact) mass is 223 g/mol. The van der Waals surface area contributed by atoms with Crippen molar-refractivity contribution in [2.75, 3.05) is 0 Å². The molecule has 0 bridgehead atoms. The molecule has 0 spiro atoms. The van der Waals surface area contributed by atoms with E-state index in [0.29, 0.717) is 11.0 Å². The van der Waals surface area contributed by atoms with Gasteiger partial charge in [-0.05, 0) is 12.1 Å². The molecule has 4 nitrogen and oxygen atoms in total. The van der Waals surface area contributed by atoms with Crippen LogP contribution in [-0.2, 0) is 0 Å². The Morgan fingerprint density at radius 1 is 1.40 bits per heavy atom. The Bertz CT molecular complexity index is 588. The molecule has 0 unspecified atom stereocenters. The van der Waals surface area contributed by atoms with Crippen molar-refractivity contribution in [2.24, 2.45) is 5.16 Å². The van der Waals surface area contributed by atoms with Crippen LogP contribution in [0.3, 0.4) is 0 Å². The lowest BCUT2D eigenvalue weighted by molar-refractivity contribution is 0.320. The minimum atomic E-state index is -0.320. The number of nitrogens with zero attached hydrogens (tertiary/aromatic N) is 1. The Morgan fingerprint density at radius 2 is 2.13 bits per heavy atom. The first-order chi connectivity index (χ1) is 7.24. The van der Waals surface area contributed by atoms with E-state index in [1.54, 1.807) is 24.3 Å². The largest absolute Gasteiger partial charge is 0.463 e. The highest BCUT2D eigenvalue weighted by Gasteiger charge is 2.10. The number of benzene rings is 1. The van der Waals surface area contributed by atoms with Gasteiger partial charge in [0.15, 0.2) is 5.17 Å². The molecule has 2 rings (SSSR count). The lowest BCUT2D eigenvalue weighted by Crippen LogP contribution is -2.11. The summed E-state index contributed by atoms with van der Waals surface area (Å²) >= 11 is 5.54. The zero-order chi connectivity index (χ0) is 10.8. The van der Waals surface area contributed by atoms with Crippen molar-refractivity contribution < 1.29 is 9.62 Å². The highest BCUT2D eigenvalue weighted by molar-refractivity contribution is 6.69. The van der Waals surface area contributed by atoms with Gasteiger partial charge in [0.2, 0.25) is 5.43 Å². The molecule has 0 saturated heterocycles. The smallest absolute Gasteiger partial charge is 0.203 e. The SMILES string of the molecule is O=c1c(C(Cl)=NO)coc2ccccc12. The Kier molecular flexibility index (Phi) is 2.43. The van der Waals surface area contributed by atoms with Gasteiger partial charge in [0.1, 0.15) is 11.8 Å². The first-order valence-electron chi connectivity index (χ1n) is 4.12. The topological polar surface area (TPSA) is 62.8 Å². The van der Waals surface area contributed by atoms with Gasteiger partial charge in [-0.25, -0.2) is 0 Å². The summed E-state index contributed by atoms with van der Waals surface area (Å²) in [4.78, 5) is 11.8. The van der Waals surface area contributed by atoms with Crippen LogP contribution in [0.5, 0.6) is 0 Å². The van der Waals surface area contributed by atoms with Crippen LogP contribution in [0.1, 0.15) is 5.56 Å². The number of oxime groups is 1. The number of halogens is 1. The van der Waals surface area contributed by atoms with E-state index in [9.17, 15) is 4.79 Å². The fraction of sp³-hybridized carbons (Fsp3) is 0. The molecule has 1 heterocycles. The lowest BCUT2D eigenvalue weighted by Gasteiger charge is -1.98.